The van der Waals surface area contributed by atoms with Gasteiger partial charge in [0.15, 0.2) is 0 Å². The van der Waals surface area contributed by atoms with E-state index >= 15 is 0 Å². The highest BCUT2D eigenvalue weighted by atomic mass is 35.5. The van der Waals surface area contributed by atoms with Crippen molar-refractivity contribution in [3.05, 3.63) is 93.5 Å². The average molecular weight is 463 g/mol. The largest absolute Gasteiger partial charge is 0.378 e. The van der Waals surface area contributed by atoms with E-state index in [0.717, 1.165) is 11.6 Å². The SMILES string of the molecule is O=C(Nc1cc(Cl)ccc1Cl)c1ccc2c(c1)[C@@H]1[C@H]3CC[C@@H](C3)[C@H]1[C@@H](c1ccccc1)N2. The molecular weight excluding hydrogens is 439 g/mol. The lowest BCUT2D eigenvalue weighted by molar-refractivity contribution is 0.102. The smallest absolute Gasteiger partial charge is 0.255 e. The van der Waals surface area contributed by atoms with Crippen molar-refractivity contribution in [3.63, 3.8) is 0 Å². The Labute approximate surface area is 198 Å². The first-order valence-corrected chi connectivity index (χ1v) is 12.1. The first-order valence-electron chi connectivity index (χ1n) is 11.3. The molecule has 2 saturated carbocycles. The third-order valence-electron chi connectivity index (χ3n) is 7.68. The van der Waals surface area contributed by atoms with Crippen LogP contribution in [-0.2, 0) is 0 Å². The van der Waals surface area contributed by atoms with E-state index < -0.39 is 0 Å². The zero-order valence-electron chi connectivity index (χ0n) is 17.5. The third-order valence-corrected chi connectivity index (χ3v) is 8.25. The molecule has 3 aromatic rings. The highest BCUT2D eigenvalue weighted by Gasteiger charge is 2.53. The zero-order valence-corrected chi connectivity index (χ0v) is 19.0. The van der Waals surface area contributed by atoms with E-state index in [4.69, 9.17) is 23.2 Å². The number of amides is 1. The van der Waals surface area contributed by atoms with E-state index in [9.17, 15) is 4.79 Å². The summed E-state index contributed by atoms with van der Waals surface area (Å²) < 4.78 is 0. The predicted octanol–water partition coefficient (Wildman–Crippen LogP) is 7.54. The molecule has 3 aliphatic rings. The summed E-state index contributed by atoms with van der Waals surface area (Å²) in [4.78, 5) is 13.1. The van der Waals surface area contributed by atoms with Gasteiger partial charge in [0.25, 0.3) is 5.91 Å². The van der Waals surface area contributed by atoms with Crippen LogP contribution in [0.3, 0.4) is 0 Å². The zero-order chi connectivity index (χ0) is 21.8. The number of benzene rings is 3. The molecule has 1 aliphatic heterocycles. The number of hydrogen-bond donors (Lipinski definition) is 2. The van der Waals surface area contributed by atoms with Gasteiger partial charge in [0, 0.05) is 16.3 Å². The summed E-state index contributed by atoms with van der Waals surface area (Å²) in [5.41, 5.74) is 4.99. The monoisotopic (exact) mass is 462 g/mol. The molecule has 0 aromatic heterocycles. The second-order valence-corrected chi connectivity index (χ2v) is 10.2. The number of carbonyl (C=O) groups excluding carboxylic acids is 1. The molecule has 5 atom stereocenters. The molecule has 162 valence electrons. The van der Waals surface area contributed by atoms with Crippen molar-refractivity contribution in [2.45, 2.75) is 31.2 Å². The van der Waals surface area contributed by atoms with E-state index in [0.29, 0.717) is 45.1 Å². The second kappa shape index (κ2) is 7.83. The third kappa shape index (κ3) is 3.30. The Morgan fingerprint density at radius 2 is 1.75 bits per heavy atom. The summed E-state index contributed by atoms with van der Waals surface area (Å²) >= 11 is 12.3. The summed E-state index contributed by atoms with van der Waals surface area (Å²) in [5.74, 6) is 2.36. The van der Waals surface area contributed by atoms with Gasteiger partial charge in [-0.2, -0.15) is 0 Å². The molecule has 2 N–H and O–H groups in total. The molecule has 3 nitrogen and oxygen atoms in total. The van der Waals surface area contributed by atoms with Crippen LogP contribution in [0.5, 0.6) is 0 Å². The van der Waals surface area contributed by atoms with Gasteiger partial charge in [-0.1, -0.05) is 53.5 Å². The Hall–Kier alpha value is -2.49. The van der Waals surface area contributed by atoms with E-state index in [1.807, 2.05) is 6.07 Å². The standard InChI is InChI=1S/C27H24Cl2N2O/c28-19-9-10-21(29)23(14-19)31-27(32)18-8-11-22-20(13-18)24-16-6-7-17(12-16)25(24)26(30-22)15-4-2-1-3-5-15/h1-5,8-11,13-14,16-17,24-26,30H,6-7,12H2,(H,31,32)/t16-,17-,24-,25+,26+/m0/s1. The molecule has 3 aromatic carbocycles. The molecule has 2 aliphatic carbocycles. The Balaban J connectivity index is 1.35. The first-order chi connectivity index (χ1) is 15.6. The minimum Gasteiger partial charge on any atom is -0.378 e. The van der Waals surface area contributed by atoms with E-state index in [2.05, 4.69) is 53.1 Å². The molecule has 2 bridgehead atoms. The fraction of sp³-hybridized carbons (Fsp3) is 0.296. The van der Waals surface area contributed by atoms with Crippen molar-refractivity contribution in [1.29, 1.82) is 0 Å². The lowest BCUT2D eigenvalue weighted by Gasteiger charge is -2.43. The predicted molar refractivity (Wildman–Crippen MR) is 131 cm³/mol. The molecular formula is C27H24Cl2N2O. The van der Waals surface area contributed by atoms with Gasteiger partial charge >= 0.3 is 0 Å². The molecule has 5 heteroatoms. The Morgan fingerprint density at radius 3 is 2.59 bits per heavy atom. The van der Waals surface area contributed by atoms with Gasteiger partial charge in [0.2, 0.25) is 0 Å². The van der Waals surface area contributed by atoms with Crippen molar-refractivity contribution < 1.29 is 4.79 Å². The van der Waals surface area contributed by atoms with Crippen LogP contribution in [0.25, 0.3) is 0 Å². The molecule has 1 heterocycles. The van der Waals surface area contributed by atoms with Crippen LogP contribution in [0.1, 0.15) is 52.7 Å². The molecule has 0 saturated heterocycles. The van der Waals surface area contributed by atoms with Crippen molar-refractivity contribution in [2.24, 2.45) is 17.8 Å². The van der Waals surface area contributed by atoms with E-state index in [-0.39, 0.29) is 5.91 Å². The number of fused-ring (bicyclic) bond motifs is 7. The van der Waals surface area contributed by atoms with Gasteiger partial charge in [-0.15, -0.1) is 0 Å². The molecule has 0 spiro atoms. The fourth-order valence-corrected chi connectivity index (χ4v) is 6.74. The minimum atomic E-state index is -0.165. The van der Waals surface area contributed by atoms with Crippen LogP contribution < -0.4 is 10.6 Å². The fourth-order valence-electron chi connectivity index (χ4n) is 6.41. The lowest BCUT2D eigenvalue weighted by atomic mass is 9.68. The summed E-state index contributed by atoms with van der Waals surface area (Å²) in [7, 11) is 0. The van der Waals surface area contributed by atoms with Crippen LogP contribution in [0, 0.1) is 17.8 Å². The molecule has 6 rings (SSSR count). The van der Waals surface area contributed by atoms with E-state index in [1.54, 1.807) is 18.2 Å². The first kappa shape index (κ1) is 20.1. The van der Waals surface area contributed by atoms with Gasteiger partial charge in [-0.25, -0.2) is 0 Å². The Kier molecular flexibility index (Phi) is 4.93. The highest BCUT2D eigenvalue weighted by molar-refractivity contribution is 6.35. The van der Waals surface area contributed by atoms with Gasteiger partial charge < -0.3 is 10.6 Å². The number of anilines is 2. The van der Waals surface area contributed by atoms with Gasteiger partial charge in [-0.3, -0.25) is 4.79 Å². The van der Waals surface area contributed by atoms with Crippen LogP contribution in [0.15, 0.2) is 66.7 Å². The van der Waals surface area contributed by atoms with Crippen molar-refractivity contribution in [3.8, 4) is 0 Å². The summed E-state index contributed by atoms with van der Waals surface area (Å²) in [5, 5.41) is 7.77. The van der Waals surface area contributed by atoms with Crippen molar-refractivity contribution in [2.75, 3.05) is 10.6 Å². The van der Waals surface area contributed by atoms with Gasteiger partial charge in [0.05, 0.1) is 16.8 Å². The molecule has 0 unspecified atom stereocenters. The number of hydrogen-bond acceptors (Lipinski definition) is 2. The minimum absolute atomic E-state index is 0.165. The van der Waals surface area contributed by atoms with Gasteiger partial charge in [0.1, 0.15) is 0 Å². The van der Waals surface area contributed by atoms with E-state index in [1.165, 1.54) is 30.4 Å². The highest BCUT2D eigenvalue weighted by Crippen LogP contribution is 2.63. The topological polar surface area (TPSA) is 41.1 Å². The van der Waals surface area contributed by atoms with Crippen LogP contribution >= 0.6 is 23.2 Å². The second-order valence-electron chi connectivity index (χ2n) is 9.35. The van der Waals surface area contributed by atoms with Gasteiger partial charge in [-0.05, 0) is 90.5 Å². The van der Waals surface area contributed by atoms with Crippen LogP contribution in [0.2, 0.25) is 10.0 Å². The lowest BCUT2D eigenvalue weighted by Crippen LogP contribution is -2.35. The molecule has 2 fully saturated rings. The molecule has 32 heavy (non-hydrogen) atoms. The molecule has 1 amide bonds. The average Bonchev–Trinajstić information content (AvgIpc) is 3.44. The maximum absolute atomic E-state index is 13.1. The summed E-state index contributed by atoms with van der Waals surface area (Å²) in [6.07, 6.45) is 3.91. The quantitative estimate of drug-likeness (QED) is 0.421. The maximum Gasteiger partial charge on any atom is 0.255 e. The Bertz CT molecular complexity index is 1200. The maximum atomic E-state index is 13.1. The normalized spacial score (nSPS) is 27.4. The number of nitrogens with one attached hydrogen (secondary N) is 2. The number of rotatable bonds is 3. The number of carbonyl (C=O) groups is 1. The number of halogens is 2. The summed E-state index contributed by atoms with van der Waals surface area (Å²) in [6.45, 7) is 0. The van der Waals surface area contributed by atoms with Crippen LogP contribution in [-0.4, -0.2) is 5.91 Å². The molecule has 0 radical (unpaired) electrons. The summed E-state index contributed by atoms with van der Waals surface area (Å²) in [6, 6.07) is 22.3. The van der Waals surface area contributed by atoms with Crippen molar-refractivity contribution in [1.82, 2.24) is 0 Å². The Morgan fingerprint density at radius 1 is 0.938 bits per heavy atom. The van der Waals surface area contributed by atoms with Crippen LogP contribution in [0.4, 0.5) is 11.4 Å². The van der Waals surface area contributed by atoms with Crippen molar-refractivity contribution >= 4 is 40.5 Å².